The van der Waals surface area contributed by atoms with Gasteiger partial charge in [-0.3, -0.25) is 0 Å². The van der Waals surface area contributed by atoms with Crippen molar-refractivity contribution < 1.29 is 32.2 Å². The summed E-state index contributed by atoms with van der Waals surface area (Å²) in [5.41, 5.74) is 4.46. The summed E-state index contributed by atoms with van der Waals surface area (Å²) < 4.78 is 57.3. The first kappa shape index (κ1) is 25.4. The summed E-state index contributed by atoms with van der Waals surface area (Å²) in [4.78, 5) is 14.3. The van der Waals surface area contributed by atoms with Gasteiger partial charge in [-0.05, 0) is 39.0 Å². The molecule has 7 nitrogen and oxygen atoms in total. The Hall–Kier alpha value is -2.66. The van der Waals surface area contributed by atoms with Crippen molar-refractivity contribution in [3.63, 3.8) is 0 Å². The van der Waals surface area contributed by atoms with Crippen molar-refractivity contribution in [3.05, 3.63) is 41.0 Å². The molecule has 168 valence electrons. The van der Waals surface area contributed by atoms with E-state index < -0.39 is 36.0 Å². The topological polar surface area (TPSA) is 109 Å². The lowest BCUT2D eigenvalue weighted by Gasteiger charge is -2.20. The highest BCUT2D eigenvalue weighted by Crippen LogP contribution is 2.19. The summed E-state index contributed by atoms with van der Waals surface area (Å²) >= 11 is 0. The number of alkyl carbamates (subject to hydrolysis) is 1. The first-order chi connectivity index (χ1) is 13.9. The Bertz CT molecular complexity index is 757. The van der Waals surface area contributed by atoms with Crippen LogP contribution in [0.1, 0.15) is 31.9 Å². The van der Waals surface area contributed by atoms with Crippen LogP contribution in [0.25, 0.3) is 5.70 Å². The number of nitrogens with zero attached hydrogens (tertiary/aromatic N) is 1. The SMILES string of the molecule is CC(C)(C)OC(=O)NC[C@@H](O)CNCc1c(F)cc(C(N)=CC=NC(F)F)cc1F. The van der Waals surface area contributed by atoms with Crippen LogP contribution in [0.3, 0.4) is 0 Å². The quantitative estimate of drug-likeness (QED) is 0.271. The number of alkyl halides is 2. The average molecular weight is 434 g/mol. The molecular weight excluding hydrogens is 408 g/mol. The van der Waals surface area contributed by atoms with Gasteiger partial charge < -0.3 is 26.2 Å². The van der Waals surface area contributed by atoms with E-state index in [0.29, 0.717) is 0 Å². The average Bonchev–Trinajstić information content (AvgIpc) is 2.60. The molecule has 1 rings (SSSR count). The van der Waals surface area contributed by atoms with E-state index in [4.69, 9.17) is 10.5 Å². The molecule has 0 saturated carbocycles. The molecule has 0 spiro atoms. The molecule has 0 radical (unpaired) electrons. The molecule has 0 aliphatic heterocycles. The molecule has 0 unspecified atom stereocenters. The molecule has 0 fully saturated rings. The molecule has 0 aliphatic rings. The molecule has 1 atom stereocenters. The molecule has 1 amide bonds. The zero-order valence-electron chi connectivity index (χ0n) is 16.9. The summed E-state index contributed by atoms with van der Waals surface area (Å²) in [5.74, 6) is -1.80. The number of aliphatic hydroxyl groups is 1. The summed E-state index contributed by atoms with van der Waals surface area (Å²) in [6.07, 6.45) is 0.0405. The van der Waals surface area contributed by atoms with Gasteiger partial charge in [-0.2, -0.15) is 8.78 Å². The predicted octanol–water partition coefficient (Wildman–Crippen LogP) is 2.53. The van der Waals surface area contributed by atoms with Crippen LogP contribution in [-0.2, 0) is 11.3 Å². The molecule has 0 aromatic heterocycles. The van der Waals surface area contributed by atoms with Gasteiger partial charge in [-0.25, -0.2) is 18.6 Å². The highest BCUT2D eigenvalue weighted by Gasteiger charge is 2.17. The first-order valence-electron chi connectivity index (χ1n) is 9.00. The number of aliphatic imine (C=N–C) groups is 1. The molecule has 0 saturated heterocycles. The second-order valence-corrected chi connectivity index (χ2v) is 7.28. The zero-order chi connectivity index (χ0) is 22.9. The smallest absolute Gasteiger partial charge is 0.407 e. The number of aliphatic hydroxyl groups excluding tert-OH is 1. The summed E-state index contributed by atoms with van der Waals surface area (Å²) in [5, 5.41) is 14.9. The van der Waals surface area contributed by atoms with Crippen LogP contribution in [0.4, 0.5) is 22.4 Å². The van der Waals surface area contributed by atoms with Gasteiger partial charge in [-0.15, -0.1) is 0 Å². The Kier molecular flexibility index (Phi) is 9.73. The number of nitrogens with two attached hydrogens (primary N) is 1. The fourth-order valence-corrected chi connectivity index (χ4v) is 2.17. The molecule has 11 heteroatoms. The Balaban J connectivity index is 2.59. The van der Waals surface area contributed by atoms with Gasteiger partial charge in [-0.1, -0.05) is 0 Å². The standard InChI is InChI=1S/C19H26F4N4O3/c1-19(2,3)30-18(29)27-9-12(28)8-25-10-13-14(20)6-11(7-15(13)21)16(24)4-5-26-17(22)23/h4-7,12,17,25,28H,8-10,24H2,1-3H3,(H,27,29)/t12-/m0/s1. The minimum atomic E-state index is -2.91. The molecule has 30 heavy (non-hydrogen) atoms. The highest BCUT2D eigenvalue weighted by atomic mass is 19.3. The number of allylic oxidation sites excluding steroid dienone is 1. The van der Waals surface area contributed by atoms with Crippen molar-refractivity contribution in [2.45, 2.75) is 45.6 Å². The van der Waals surface area contributed by atoms with Gasteiger partial charge in [0.05, 0.1) is 6.10 Å². The summed E-state index contributed by atoms with van der Waals surface area (Å²) in [6.45, 7) is 1.76. The van der Waals surface area contributed by atoms with Crippen molar-refractivity contribution >= 4 is 18.0 Å². The summed E-state index contributed by atoms with van der Waals surface area (Å²) in [7, 11) is 0. The van der Waals surface area contributed by atoms with Crippen molar-refractivity contribution in [2.24, 2.45) is 10.7 Å². The molecule has 5 N–H and O–H groups in total. The third-order valence-corrected chi connectivity index (χ3v) is 3.49. The van der Waals surface area contributed by atoms with E-state index in [9.17, 15) is 27.5 Å². The Morgan fingerprint density at radius 1 is 1.27 bits per heavy atom. The van der Waals surface area contributed by atoms with E-state index in [0.717, 1.165) is 24.4 Å². The van der Waals surface area contributed by atoms with E-state index in [2.05, 4.69) is 15.6 Å². The van der Waals surface area contributed by atoms with Crippen LogP contribution >= 0.6 is 0 Å². The Morgan fingerprint density at radius 3 is 2.40 bits per heavy atom. The monoisotopic (exact) mass is 434 g/mol. The Morgan fingerprint density at radius 2 is 1.87 bits per heavy atom. The molecule has 1 aromatic carbocycles. The number of ether oxygens (including phenoxy) is 1. The summed E-state index contributed by atoms with van der Waals surface area (Å²) in [6, 6.07) is 1.92. The number of carbonyl (C=O) groups excluding carboxylic acids is 1. The van der Waals surface area contributed by atoms with Gasteiger partial charge in [0.1, 0.15) is 17.2 Å². The molecule has 0 bridgehead atoms. The van der Waals surface area contributed by atoms with Gasteiger partial charge >= 0.3 is 12.6 Å². The number of hydrogen-bond donors (Lipinski definition) is 4. The second kappa shape index (κ2) is 11.5. The van der Waals surface area contributed by atoms with Gasteiger partial charge in [0, 0.05) is 42.7 Å². The maximum atomic E-state index is 14.2. The highest BCUT2D eigenvalue weighted by molar-refractivity contribution is 5.83. The van der Waals surface area contributed by atoms with E-state index in [1.165, 1.54) is 0 Å². The lowest BCUT2D eigenvalue weighted by molar-refractivity contribution is 0.0492. The van der Waals surface area contributed by atoms with E-state index in [1.807, 2.05) is 0 Å². The molecule has 0 aliphatic carbocycles. The van der Waals surface area contributed by atoms with Gasteiger partial charge in [0.15, 0.2) is 0 Å². The van der Waals surface area contributed by atoms with E-state index >= 15 is 0 Å². The fraction of sp³-hybridized carbons (Fsp3) is 0.474. The van der Waals surface area contributed by atoms with Gasteiger partial charge in [0.2, 0.25) is 0 Å². The van der Waals surface area contributed by atoms with Crippen LogP contribution in [-0.4, -0.2) is 48.8 Å². The third kappa shape index (κ3) is 9.70. The fourth-order valence-electron chi connectivity index (χ4n) is 2.17. The number of nitrogens with one attached hydrogen (secondary N) is 2. The lowest BCUT2D eigenvalue weighted by atomic mass is 10.1. The zero-order valence-corrected chi connectivity index (χ0v) is 16.9. The predicted molar refractivity (Wildman–Crippen MR) is 105 cm³/mol. The minimum absolute atomic E-state index is 0.0314. The van der Waals surface area contributed by atoms with Crippen molar-refractivity contribution in [1.82, 2.24) is 10.6 Å². The number of halogens is 4. The van der Waals surface area contributed by atoms with Crippen molar-refractivity contribution in [1.29, 1.82) is 0 Å². The molecule has 0 heterocycles. The molecule has 1 aromatic rings. The van der Waals surface area contributed by atoms with Crippen LogP contribution in [0, 0.1) is 11.6 Å². The maximum Gasteiger partial charge on any atom is 0.407 e. The van der Waals surface area contributed by atoms with Crippen molar-refractivity contribution in [3.8, 4) is 0 Å². The number of carbonyl (C=O) groups is 1. The van der Waals surface area contributed by atoms with Crippen LogP contribution in [0.2, 0.25) is 0 Å². The van der Waals surface area contributed by atoms with Crippen LogP contribution in [0.5, 0.6) is 0 Å². The first-order valence-corrected chi connectivity index (χ1v) is 9.00. The number of hydrogen-bond acceptors (Lipinski definition) is 6. The van der Waals surface area contributed by atoms with Crippen LogP contribution in [0.15, 0.2) is 23.2 Å². The van der Waals surface area contributed by atoms with E-state index in [-0.39, 0.29) is 36.5 Å². The Labute approximate surface area is 172 Å². The third-order valence-electron chi connectivity index (χ3n) is 3.49. The number of benzene rings is 1. The minimum Gasteiger partial charge on any atom is -0.444 e. The maximum absolute atomic E-state index is 14.2. The van der Waals surface area contributed by atoms with Crippen molar-refractivity contribution in [2.75, 3.05) is 13.1 Å². The van der Waals surface area contributed by atoms with Crippen LogP contribution < -0.4 is 16.4 Å². The van der Waals surface area contributed by atoms with E-state index in [1.54, 1.807) is 20.8 Å². The lowest BCUT2D eigenvalue weighted by Crippen LogP contribution is -2.40. The molecular formula is C19H26F4N4O3. The normalized spacial score (nSPS) is 13.7. The van der Waals surface area contributed by atoms with Gasteiger partial charge in [0.25, 0.3) is 0 Å². The largest absolute Gasteiger partial charge is 0.444 e. The second-order valence-electron chi connectivity index (χ2n) is 7.28. The number of rotatable bonds is 9. The number of amides is 1.